The van der Waals surface area contributed by atoms with Crippen molar-refractivity contribution in [1.82, 2.24) is 21.5 Å². The van der Waals surface area contributed by atoms with E-state index in [0.29, 0.717) is 12.0 Å². The molecule has 0 heterocycles. The van der Waals surface area contributed by atoms with E-state index in [1.807, 2.05) is 13.8 Å². The summed E-state index contributed by atoms with van der Waals surface area (Å²) in [5, 5.41) is 5.08. The molecule has 0 aliphatic carbocycles. The Morgan fingerprint density at radius 1 is 0.885 bits per heavy atom. The number of nitrogens with one attached hydrogen (secondary N) is 4. The standard InChI is InChI=1S/C18H26N4O4/c1-5-12(4)14(20-15(23)13-9-7-6-8-10-13)16(24)21-22-18(26)17(25)19-11(2)3/h6-12,14H,5H2,1-4H3,(H,19,25)(H,20,23)(H,21,24)(H,22,26)/t12-,14-/m1/s1. The lowest BCUT2D eigenvalue weighted by atomic mass is 9.98. The van der Waals surface area contributed by atoms with Crippen LogP contribution in [0.1, 0.15) is 44.5 Å². The molecular formula is C18H26N4O4. The maximum Gasteiger partial charge on any atom is 0.327 e. The van der Waals surface area contributed by atoms with E-state index >= 15 is 0 Å². The molecule has 26 heavy (non-hydrogen) atoms. The molecule has 1 rings (SSSR count). The Labute approximate surface area is 153 Å². The van der Waals surface area contributed by atoms with Gasteiger partial charge in [-0.15, -0.1) is 0 Å². The molecule has 0 unspecified atom stereocenters. The molecular weight excluding hydrogens is 336 g/mol. The first kappa shape index (κ1) is 21.1. The van der Waals surface area contributed by atoms with Crippen LogP contribution in [0.2, 0.25) is 0 Å². The van der Waals surface area contributed by atoms with Crippen molar-refractivity contribution in [3.8, 4) is 0 Å². The van der Waals surface area contributed by atoms with Crippen LogP contribution in [0.3, 0.4) is 0 Å². The average molecular weight is 362 g/mol. The number of hydrazine groups is 1. The molecule has 0 saturated heterocycles. The number of benzene rings is 1. The first-order valence-corrected chi connectivity index (χ1v) is 8.52. The van der Waals surface area contributed by atoms with Gasteiger partial charge in [-0.2, -0.15) is 0 Å². The molecule has 0 aliphatic heterocycles. The largest absolute Gasteiger partial charge is 0.346 e. The Morgan fingerprint density at radius 2 is 1.50 bits per heavy atom. The molecule has 0 aliphatic rings. The molecule has 1 aromatic carbocycles. The SMILES string of the molecule is CC[C@@H](C)[C@@H](NC(=O)c1ccccc1)C(=O)NNC(=O)C(=O)NC(C)C. The van der Waals surface area contributed by atoms with Crippen LogP contribution >= 0.6 is 0 Å². The highest BCUT2D eigenvalue weighted by atomic mass is 16.2. The zero-order valence-electron chi connectivity index (χ0n) is 15.5. The Hall–Kier alpha value is -2.90. The van der Waals surface area contributed by atoms with Crippen LogP contribution in [0.25, 0.3) is 0 Å². The topological polar surface area (TPSA) is 116 Å². The highest BCUT2D eigenvalue weighted by Crippen LogP contribution is 2.09. The van der Waals surface area contributed by atoms with Crippen LogP contribution in [-0.4, -0.2) is 35.7 Å². The predicted molar refractivity (Wildman–Crippen MR) is 96.7 cm³/mol. The van der Waals surface area contributed by atoms with Crippen LogP contribution in [0.4, 0.5) is 0 Å². The zero-order valence-corrected chi connectivity index (χ0v) is 15.5. The normalized spacial score (nSPS) is 12.7. The van der Waals surface area contributed by atoms with Crippen molar-refractivity contribution in [2.45, 2.75) is 46.2 Å². The van der Waals surface area contributed by atoms with Gasteiger partial charge in [0, 0.05) is 11.6 Å². The predicted octanol–water partition coefficient (Wildman–Crippen LogP) is 0.503. The van der Waals surface area contributed by atoms with Gasteiger partial charge >= 0.3 is 11.8 Å². The molecule has 0 saturated carbocycles. The van der Waals surface area contributed by atoms with E-state index in [0.717, 1.165) is 0 Å². The van der Waals surface area contributed by atoms with E-state index in [-0.39, 0.29) is 12.0 Å². The van der Waals surface area contributed by atoms with Crippen LogP contribution < -0.4 is 21.5 Å². The van der Waals surface area contributed by atoms with Crippen molar-refractivity contribution in [2.75, 3.05) is 0 Å². The summed E-state index contributed by atoms with van der Waals surface area (Å²) >= 11 is 0. The number of amides is 4. The molecule has 4 N–H and O–H groups in total. The van der Waals surface area contributed by atoms with E-state index in [2.05, 4.69) is 21.5 Å². The fourth-order valence-corrected chi connectivity index (χ4v) is 2.10. The van der Waals surface area contributed by atoms with Gasteiger partial charge in [-0.3, -0.25) is 30.0 Å². The average Bonchev–Trinajstić information content (AvgIpc) is 2.63. The molecule has 8 heteroatoms. The van der Waals surface area contributed by atoms with Crippen molar-refractivity contribution >= 4 is 23.6 Å². The Kier molecular flexibility index (Phi) is 8.27. The van der Waals surface area contributed by atoms with Gasteiger partial charge < -0.3 is 10.6 Å². The molecule has 8 nitrogen and oxygen atoms in total. The highest BCUT2D eigenvalue weighted by molar-refractivity contribution is 6.35. The van der Waals surface area contributed by atoms with Crippen molar-refractivity contribution in [2.24, 2.45) is 5.92 Å². The lowest BCUT2D eigenvalue weighted by Gasteiger charge is -2.23. The van der Waals surface area contributed by atoms with Crippen molar-refractivity contribution in [3.63, 3.8) is 0 Å². The van der Waals surface area contributed by atoms with Gasteiger partial charge in [-0.1, -0.05) is 38.5 Å². The van der Waals surface area contributed by atoms with Gasteiger partial charge in [-0.05, 0) is 31.9 Å². The Balaban J connectivity index is 2.71. The lowest BCUT2D eigenvalue weighted by Crippen LogP contribution is -2.56. The Morgan fingerprint density at radius 3 is 2.04 bits per heavy atom. The first-order valence-electron chi connectivity index (χ1n) is 8.52. The molecule has 142 valence electrons. The maximum absolute atomic E-state index is 12.4. The van der Waals surface area contributed by atoms with Crippen LogP contribution in [0.15, 0.2) is 30.3 Å². The van der Waals surface area contributed by atoms with Crippen LogP contribution in [-0.2, 0) is 14.4 Å². The summed E-state index contributed by atoms with van der Waals surface area (Å²) in [7, 11) is 0. The zero-order chi connectivity index (χ0) is 19.7. The van der Waals surface area contributed by atoms with Crippen molar-refractivity contribution in [3.05, 3.63) is 35.9 Å². The smallest absolute Gasteiger partial charge is 0.327 e. The number of rotatable bonds is 6. The summed E-state index contributed by atoms with van der Waals surface area (Å²) in [6.07, 6.45) is 0.634. The first-order chi connectivity index (χ1) is 12.3. The fraction of sp³-hybridized carbons (Fsp3) is 0.444. The lowest BCUT2D eigenvalue weighted by molar-refractivity contribution is -0.141. The summed E-state index contributed by atoms with van der Waals surface area (Å²) < 4.78 is 0. The van der Waals surface area contributed by atoms with Gasteiger partial charge in [0.15, 0.2) is 0 Å². The fourth-order valence-electron chi connectivity index (χ4n) is 2.10. The summed E-state index contributed by atoms with van der Waals surface area (Å²) in [5.41, 5.74) is 4.68. The van der Waals surface area contributed by atoms with E-state index in [4.69, 9.17) is 0 Å². The quantitative estimate of drug-likeness (QED) is 0.436. The van der Waals surface area contributed by atoms with Gasteiger partial charge in [0.2, 0.25) is 0 Å². The second-order valence-corrected chi connectivity index (χ2v) is 6.27. The highest BCUT2D eigenvalue weighted by Gasteiger charge is 2.27. The van der Waals surface area contributed by atoms with Gasteiger partial charge in [-0.25, -0.2) is 0 Å². The summed E-state index contributed by atoms with van der Waals surface area (Å²) in [6.45, 7) is 7.11. The third kappa shape index (κ3) is 6.54. The van der Waals surface area contributed by atoms with Gasteiger partial charge in [0.25, 0.3) is 11.8 Å². The summed E-state index contributed by atoms with van der Waals surface area (Å²) in [5.74, 6) is -3.01. The Bertz CT molecular complexity index is 646. The number of carbonyl (C=O) groups excluding carboxylic acids is 4. The monoisotopic (exact) mass is 362 g/mol. The molecule has 0 bridgehead atoms. The van der Waals surface area contributed by atoms with E-state index < -0.39 is 29.7 Å². The summed E-state index contributed by atoms with van der Waals surface area (Å²) in [6, 6.07) is 7.44. The van der Waals surface area contributed by atoms with Crippen molar-refractivity contribution in [1.29, 1.82) is 0 Å². The number of carbonyl (C=O) groups is 4. The second-order valence-electron chi connectivity index (χ2n) is 6.27. The molecule has 0 radical (unpaired) electrons. The van der Waals surface area contributed by atoms with Crippen LogP contribution in [0.5, 0.6) is 0 Å². The molecule has 2 atom stereocenters. The summed E-state index contributed by atoms with van der Waals surface area (Å²) in [4.78, 5) is 47.9. The van der Waals surface area contributed by atoms with Crippen molar-refractivity contribution < 1.29 is 19.2 Å². The third-order valence-corrected chi connectivity index (χ3v) is 3.74. The molecule has 1 aromatic rings. The molecule has 0 fully saturated rings. The van der Waals surface area contributed by atoms with E-state index in [9.17, 15) is 19.2 Å². The minimum absolute atomic E-state index is 0.177. The second kappa shape index (κ2) is 10.2. The van der Waals surface area contributed by atoms with E-state index in [1.54, 1.807) is 44.2 Å². The molecule has 4 amide bonds. The van der Waals surface area contributed by atoms with Gasteiger partial charge in [0.05, 0.1) is 0 Å². The van der Waals surface area contributed by atoms with Gasteiger partial charge in [0.1, 0.15) is 6.04 Å². The number of hydrogen-bond acceptors (Lipinski definition) is 4. The number of hydrogen-bond donors (Lipinski definition) is 4. The van der Waals surface area contributed by atoms with Crippen LogP contribution in [0, 0.1) is 5.92 Å². The minimum atomic E-state index is -0.982. The minimum Gasteiger partial charge on any atom is -0.346 e. The third-order valence-electron chi connectivity index (χ3n) is 3.74. The molecule has 0 spiro atoms. The van der Waals surface area contributed by atoms with E-state index in [1.165, 1.54) is 0 Å². The molecule has 0 aromatic heterocycles. The maximum atomic E-state index is 12.4.